The van der Waals surface area contributed by atoms with Gasteiger partial charge in [-0.15, -0.1) is 0 Å². The Balaban J connectivity index is 1.41. The highest BCUT2D eigenvalue weighted by atomic mass is 19.1. The number of halogens is 1. The molecule has 5 aromatic rings. The van der Waals surface area contributed by atoms with Gasteiger partial charge in [-0.2, -0.15) is 10.4 Å². The molecule has 194 valence electrons. The van der Waals surface area contributed by atoms with E-state index in [2.05, 4.69) is 31.8 Å². The minimum atomic E-state index is -0.334. The molecule has 2 N–H and O–H groups in total. The molecule has 0 aliphatic carbocycles. The van der Waals surface area contributed by atoms with E-state index in [9.17, 15) is 14.4 Å². The summed E-state index contributed by atoms with van der Waals surface area (Å²) < 4.78 is 15.4. The Bertz CT molecular complexity index is 1750. The summed E-state index contributed by atoms with van der Waals surface area (Å²) >= 11 is 0. The summed E-state index contributed by atoms with van der Waals surface area (Å²) in [5.41, 5.74) is 3.74. The van der Waals surface area contributed by atoms with E-state index < -0.39 is 0 Å². The Labute approximate surface area is 224 Å². The van der Waals surface area contributed by atoms with E-state index in [-0.39, 0.29) is 11.7 Å². The highest BCUT2D eigenvalue weighted by Gasteiger charge is 2.13. The van der Waals surface area contributed by atoms with Gasteiger partial charge in [0.1, 0.15) is 24.0 Å². The lowest BCUT2D eigenvalue weighted by molar-refractivity contribution is -0.111. The highest BCUT2D eigenvalue weighted by molar-refractivity contribution is 6.03. The lowest BCUT2D eigenvalue weighted by atomic mass is 10.1. The van der Waals surface area contributed by atoms with E-state index >= 15 is 0 Å². The Morgan fingerprint density at radius 2 is 2.03 bits per heavy atom. The van der Waals surface area contributed by atoms with Crippen LogP contribution in [-0.4, -0.2) is 51.2 Å². The second kappa shape index (κ2) is 11.1. The van der Waals surface area contributed by atoms with Crippen LogP contribution in [-0.2, 0) is 11.3 Å². The number of carbonyl (C=O) groups is 1. The fourth-order valence-corrected chi connectivity index (χ4v) is 4.18. The highest BCUT2D eigenvalue weighted by Crippen LogP contribution is 2.29. The fourth-order valence-electron chi connectivity index (χ4n) is 4.18. The molecule has 0 bridgehead atoms. The summed E-state index contributed by atoms with van der Waals surface area (Å²) in [5, 5.41) is 21.8. The summed E-state index contributed by atoms with van der Waals surface area (Å²) in [6.45, 7) is 1.07. The zero-order chi connectivity index (χ0) is 27.4. The first-order valence-corrected chi connectivity index (χ1v) is 12.2. The maximum Gasteiger partial charge on any atom is 0.248 e. The van der Waals surface area contributed by atoms with Crippen molar-refractivity contribution in [2.24, 2.45) is 0 Å². The summed E-state index contributed by atoms with van der Waals surface area (Å²) in [6, 6.07) is 17.7. The van der Waals surface area contributed by atoms with Crippen LogP contribution in [0.3, 0.4) is 0 Å². The van der Waals surface area contributed by atoms with Crippen molar-refractivity contribution in [3.05, 3.63) is 96.2 Å². The van der Waals surface area contributed by atoms with Crippen molar-refractivity contribution < 1.29 is 9.18 Å². The number of amides is 1. The Hall–Kier alpha value is -5.14. The van der Waals surface area contributed by atoms with E-state index in [1.165, 1.54) is 24.5 Å². The van der Waals surface area contributed by atoms with Gasteiger partial charge in [0.2, 0.25) is 5.91 Å². The van der Waals surface area contributed by atoms with Gasteiger partial charge >= 0.3 is 0 Å². The fraction of sp³-hybridized carbons (Fsp3) is 0.138. The van der Waals surface area contributed by atoms with Crippen LogP contribution in [0, 0.1) is 17.1 Å². The molecule has 0 aliphatic heterocycles. The van der Waals surface area contributed by atoms with Crippen molar-refractivity contribution in [2.75, 3.05) is 31.3 Å². The van der Waals surface area contributed by atoms with E-state index in [0.717, 1.165) is 22.2 Å². The van der Waals surface area contributed by atoms with Gasteiger partial charge in [-0.1, -0.05) is 18.2 Å². The molecule has 0 fully saturated rings. The SMILES string of the molecule is CN(C)C/C=C/C(=O)Nc1cc2c(Nc3ccc4c(cnn4Cc4cccc(F)c4)c3)ncnc2cc1C#N. The van der Waals surface area contributed by atoms with Crippen LogP contribution in [0.1, 0.15) is 11.1 Å². The normalized spacial score (nSPS) is 11.4. The molecule has 0 aliphatic rings. The monoisotopic (exact) mass is 520 g/mol. The summed E-state index contributed by atoms with van der Waals surface area (Å²) in [4.78, 5) is 23.1. The number of likely N-dealkylation sites (N-methyl/N-ethyl adjacent to an activating group) is 1. The maximum absolute atomic E-state index is 13.6. The summed E-state index contributed by atoms with van der Waals surface area (Å²) in [6.07, 6.45) is 6.36. The molecular weight excluding hydrogens is 495 g/mol. The van der Waals surface area contributed by atoms with Crippen LogP contribution in [0.25, 0.3) is 21.8 Å². The molecule has 2 aromatic heterocycles. The first-order valence-electron chi connectivity index (χ1n) is 12.2. The second-order valence-corrected chi connectivity index (χ2v) is 9.23. The second-order valence-electron chi connectivity index (χ2n) is 9.23. The van der Waals surface area contributed by atoms with Crippen molar-refractivity contribution in [2.45, 2.75) is 6.54 Å². The van der Waals surface area contributed by atoms with Gasteiger partial charge in [0.15, 0.2) is 0 Å². The number of rotatable bonds is 8. The first kappa shape index (κ1) is 25.5. The van der Waals surface area contributed by atoms with Crippen molar-refractivity contribution in [1.29, 1.82) is 5.26 Å². The van der Waals surface area contributed by atoms with Gasteiger partial charge in [0, 0.05) is 29.1 Å². The maximum atomic E-state index is 13.6. The Kier molecular flexibility index (Phi) is 7.25. The van der Waals surface area contributed by atoms with Gasteiger partial charge in [-0.25, -0.2) is 14.4 Å². The van der Waals surface area contributed by atoms with Gasteiger partial charge in [0.25, 0.3) is 0 Å². The standard InChI is InChI=1S/C29H25FN8O/c1-37(2)10-4-7-28(39)36-25-14-24-26(13-20(25)15-31)32-18-33-29(24)35-23-8-9-27-21(12-23)16-34-38(27)17-19-5-3-6-22(30)11-19/h3-9,11-14,16,18H,10,17H2,1-2H3,(H,36,39)(H,32,33,35)/b7-4+. The Morgan fingerprint density at radius 3 is 2.82 bits per heavy atom. The number of hydrogen-bond donors (Lipinski definition) is 2. The minimum Gasteiger partial charge on any atom is -0.340 e. The Morgan fingerprint density at radius 1 is 1.15 bits per heavy atom. The molecule has 0 spiro atoms. The summed E-state index contributed by atoms with van der Waals surface area (Å²) in [5.74, 6) is -0.0904. The average molecular weight is 521 g/mol. The molecule has 0 saturated carbocycles. The van der Waals surface area contributed by atoms with Gasteiger partial charge in [0.05, 0.1) is 35.0 Å². The first-order chi connectivity index (χ1) is 18.9. The smallest absolute Gasteiger partial charge is 0.248 e. The van der Waals surface area contributed by atoms with E-state index in [4.69, 9.17) is 0 Å². The number of anilines is 3. The topological polar surface area (TPSA) is 112 Å². The molecule has 0 unspecified atom stereocenters. The van der Waals surface area contributed by atoms with Gasteiger partial charge in [-0.05, 0) is 62.1 Å². The van der Waals surface area contributed by atoms with Crippen molar-refractivity contribution in [3.63, 3.8) is 0 Å². The molecular formula is C29H25FN8O. The summed E-state index contributed by atoms with van der Waals surface area (Å²) in [7, 11) is 3.81. The number of carbonyl (C=O) groups excluding carboxylic acids is 1. The predicted octanol–water partition coefficient (Wildman–Crippen LogP) is 4.84. The number of fused-ring (bicyclic) bond motifs is 2. The van der Waals surface area contributed by atoms with Crippen LogP contribution < -0.4 is 10.6 Å². The van der Waals surface area contributed by atoms with Crippen molar-refractivity contribution >= 4 is 44.9 Å². The third-order valence-corrected chi connectivity index (χ3v) is 6.02. The van der Waals surface area contributed by atoms with Crippen molar-refractivity contribution in [1.82, 2.24) is 24.6 Å². The number of nitrogens with zero attached hydrogens (tertiary/aromatic N) is 6. The molecule has 39 heavy (non-hydrogen) atoms. The lowest BCUT2D eigenvalue weighted by Gasteiger charge is -2.12. The predicted molar refractivity (Wildman–Crippen MR) is 149 cm³/mol. The van der Waals surface area contributed by atoms with Gasteiger partial charge < -0.3 is 15.5 Å². The molecule has 5 rings (SSSR count). The van der Waals surface area contributed by atoms with Gasteiger partial charge in [-0.3, -0.25) is 9.48 Å². The van der Waals surface area contributed by atoms with Crippen LogP contribution in [0.2, 0.25) is 0 Å². The number of nitriles is 1. The average Bonchev–Trinajstić information content (AvgIpc) is 3.30. The number of benzene rings is 3. The van der Waals surface area contributed by atoms with Crippen LogP contribution in [0.4, 0.5) is 21.6 Å². The number of hydrogen-bond acceptors (Lipinski definition) is 7. The molecule has 0 saturated heterocycles. The molecule has 1 amide bonds. The largest absolute Gasteiger partial charge is 0.340 e. The van der Waals surface area contributed by atoms with Crippen LogP contribution in [0.15, 0.2) is 79.3 Å². The zero-order valence-electron chi connectivity index (χ0n) is 21.4. The quantitative estimate of drug-likeness (QED) is 0.282. The molecule has 0 radical (unpaired) electrons. The van der Waals surface area contributed by atoms with Crippen LogP contribution >= 0.6 is 0 Å². The number of nitrogens with one attached hydrogen (secondary N) is 2. The van der Waals surface area contributed by atoms with E-state index in [1.807, 2.05) is 47.9 Å². The van der Waals surface area contributed by atoms with E-state index in [0.29, 0.717) is 41.1 Å². The zero-order valence-corrected chi connectivity index (χ0v) is 21.4. The minimum absolute atomic E-state index is 0.280. The third kappa shape index (κ3) is 5.89. The molecule has 2 heterocycles. The molecule has 9 nitrogen and oxygen atoms in total. The lowest BCUT2D eigenvalue weighted by Crippen LogP contribution is -2.13. The molecule has 10 heteroatoms. The van der Waals surface area contributed by atoms with Crippen LogP contribution in [0.5, 0.6) is 0 Å². The molecule has 0 atom stereocenters. The third-order valence-electron chi connectivity index (χ3n) is 6.02. The van der Waals surface area contributed by atoms with Crippen molar-refractivity contribution in [3.8, 4) is 6.07 Å². The molecule has 3 aromatic carbocycles. The number of aromatic nitrogens is 4. The van der Waals surface area contributed by atoms with E-state index in [1.54, 1.807) is 30.5 Å².